The Morgan fingerprint density at radius 1 is 1.33 bits per heavy atom. The molecule has 0 saturated carbocycles. The van der Waals surface area contributed by atoms with Gasteiger partial charge < -0.3 is 21.5 Å². The second kappa shape index (κ2) is 7.39. The summed E-state index contributed by atoms with van der Waals surface area (Å²) in [6.45, 7) is 1.75. The van der Waals surface area contributed by atoms with E-state index < -0.39 is 17.9 Å². The molecule has 0 saturated heterocycles. The number of aliphatic carboxylic acids is 1. The molecule has 0 fully saturated rings. The zero-order valence-corrected chi connectivity index (χ0v) is 12.0. The number of anilines is 1. The molecule has 2 amide bonds. The Labute approximate surface area is 122 Å². The molecule has 21 heavy (non-hydrogen) atoms. The number of nitrogens with one attached hydrogen (secondary N) is 2. The van der Waals surface area contributed by atoms with Crippen LogP contribution in [-0.4, -0.2) is 36.0 Å². The van der Waals surface area contributed by atoms with Crippen molar-refractivity contribution in [1.29, 1.82) is 0 Å². The number of carbonyl (C=O) groups excluding carboxylic acids is 2. The van der Waals surface area contributed by atoms with E-state index in [4.69, 9.17) is 10.8 Å². The lowest BCUT2D eigenvalue weighted by molar-refractivity contribution is -0.137. The molecular formula is C14H19N3O4. The lowest BCUT2D eigenvalue weighted by Crippen LogP contribution is -2.36. The average Bonchev–Trinajstić information content (AvgIpc) is 2.45. The van der Waals surface area contributed by atoms with E-state index >= 15 is 0 Å². The Balaban J connectivity index is 2.72. The molecule has 0 aliphatic heterocycles. The predicted octanol–water partition coefficient (Wildman–Crippen LogP) is 0.485. The second-order valence-electron chi connectivity index (χ2n) is 4.64. The van der Waals surface area contributed by atoms with Crippen LogP contribution in [0.5, 0.6) is 0 Å². The molecule has 0 radical (unpaired) electrons. The Kier molecular flexibility index (Phi) is 5.86. The highest BCUT2D eigenvalue weighted by Gasteiger charge is 2.16. The van der Waals surface area contributed by atoms with E-state index in [1.807, 2.05) is 0 Å². The van der Waals surface area contributed by atoms with E-state index in [0.29, 0.717) is 11.3 Å². The van der Waals surface area contributed by atoms with E-state index in [1.165, 1.54) is 7.05 Å². The number of carbonyl (C=O) groups is 3. The average molecular weight is 293 g/mol. The van der Waals surface area contributed by atoms with Gasteiger partial charge in [0.1, 0.15) is 0 Å². The molecule has 0 aromatic heterocycles. The molecule has 0 aliphatic rings. The second-order valence-corrected chi connectivity index (χ2v) is 4.64. The van der Waals surface area contributed by atoms with Gasteiger partial charge in [-0.2, -0.15) is 0 Å². The largest absolute Gasteiger partial charge is 0.481 e. The van der Waals surface area contributed by atoms with E-state index in [1.54, 1.807) is 25.1 Å². The number of carboxylic acid groups (broad SMARTS) is 1. The summed E-state index contributed by atoms with van der Waals surface area (Å²) in [5, 5.41) is 13.7. The van der Waals surface area contributed by atoms with Gasteiger partial charge in [-0.25, -0.2) is 0 Å². The van der Waals surface area contributed by atoms with Crippen molar-refractivity contribution in [2.24, 2.45) is 5.73 Å². The van der Waals surface area contributed by atoms with E-state index in [2.05, 4.69) is 10.6 Å². The molecule has 1 aromatic rings. The van der Waals surface area contributed by atoms with Crippen molar-refractivity contribution in [3.8, 4) is 0 Å². The molecule has 7 nitrogen and oxygen atoms in total. The summed E-state index contributed by atoms with van der Waals surface area (Å²) in [7, 11) is 1.54. The van der Waals surface area contributed by atoms with Crippen molar-refractivity contribution in [2.45, 2.75) is 25.8 Å². The van der Waals surface area contributed by atoms with Crippen LogP contribution in [-0.2, 0) is 9.59 Å². The molecule has 1 atom stereocenters. The number of amides is 2. The van der Waals surface area contributed by atoms with Crippen LogP contribution in [0.2, 0.25) is 0 Å². The maximum atomic E-state index is 11.8. The van der Waals surface area contributed by atoms with Gasteiger partial charge in [-0.15, -0.1) is 0 Å². The van der Waals surface area contributed by atoms with Crippen LogP contribution in [0.25, 0.3) is 0 Å². The highest BCUT2D eigenvalue weighted by Crippen LogP contribution is 2.17. The first-order chi connectivity index (χ1) is 9.85. The maximum absolute atomic E-state index is 11.8. The van der Waals surface area contributed by atoms with Crippen molar-refractivity contribution in [1.82, 2.24) is 5.32 Å². The molecule has 7 heteroatoms. The zero-order valence-electron chi connectivity index (χ0n) is 12.0. The van der Waals surface area contributed by atoms with Crippen molar-refractivity contribution in [2.75, 3.05) is 12.4 Å². The predicted molar refractivity (Wildman–Crippen MR) is 78.0 cm³/mol. The number of aryl methyl sites for hydroxylation is 1. The van der Waals surface area contributed by atoms with Crippen LogP contribution in [0.3, 0.4) is 0 Å². The Bertz CT molecular complexity index is 557. The summed E-state index contributed by atoms with van der Waals surface area (Å²) in [4.78, 5) is 33.8. The molecule has 114 valence electrons. The van der Waals surface area contributed by atoms with Crippen LogP contribution in [0.4, 0.5) is 5.69 Å². The van der Waals surface area contributed by atoms with Crippen LogP contribution < -0.4 is 16.4 Å². The molecule has 0 spiro atoms. The van der Waals surface area contributed by atoms with Gasteiger partial charge in [0.05, 0.1) is 6.04 Å². The first kappa shape index (κ1) is 16.6. The van der Waals surface area contributed by atoms with E-state index in [0.717, 1.165) is 5.56 Å². The third-order valence-corrected chi connectivity index (χ3v) is 2.98. The van der Waals surface area contributed by atoms with Crippen molar-refractivity contribution < 1.29 is 19.5 Å². The van der Waals surface area contributed by atoms with Gasteiger partial charge in [-0.05, 0) is 37.1 Å². The third-order valence-electron chi connectivity index (χ3n) is 2.98. The fourth-order valence-corrected chi connectivity index (χ4v) is 1.72. The Morgan fingerprint density at radius 3 is 2.52 bits per heavy atom. The van der Waals surface area contributed by atoms with Gasteiger partial charge in [0.2, 0.25) is 5.91 Å². The summed E-state index contributed by atoms with van der Waals surface area (Å²) in [6, 6.07) is 3.96. The summed E-state index contributed by atoms with van der Waals surface area (Å²) in [6.07, 6.45) is -0.0975. The minimum atomic E-state index is -0.996. The van der Waals surface area contributed by atoms with Gasteiger partial charge in [0.25, 0.3) is 5.91 Å². The van der Waals surface area contributed by atoms with Crippen molar-refractivity contribution >= 4 is 23.5 Å². The topological polar surface area (TPSA) is 122 Å². The number of nitrogens with two attached hydrogens (primary N) is 1. The zero-order chi connectivity index (χ0) is 16.0. The van der Waals surface area contributed by atoms with Gasteiger partial charge in [-0.3, -0.25) is 14.4 Å². The van der Waals surface area contributed by atoms with Crippen LogP contribution >= 0.6 is 0 Å². The van der Waals surface area contributed by atoms with E-state index in [9.17, 15) is 14.4 Å². The number of carboxylic acids is 1. The molecule has 1 rings (SSSR count). The quantitative estimate of drug-likeness (QED) is 0.608. The third kappa shape index (κ3) is 4.88. The first-order valence-corrected chi connectivity index (χ1v) is 6.46. The molecule has 0 bridgehead atoms. The minimum Gasteiger partial charge on any atom is -0.481 e. The molecular weight excluding hydrogens is 274 g/mol. The smallest absolute Gasteiger partial charge is 0.303 e. The maximum Gasteiger partial charge on any atom is 0.303 e. The fourth-order valence-electron chi connectivity index (χ4n) is 1.72. The van der Waals surface area contributed by atoms with Gasteiger partial charge in [0, 0.05) is 24.7 Å². The SMILES string of the molecule is CNC(=O)c1ccc(NC(=O)C(N)CCC(=O)O)c(C)c1. The number of hydrogen-bond donors (Lipinski definition) is 4. The number of hydrogen-bond acceptors (Lipinski definition) is 4. The van der Waals surface area contributed by atoms with Crippen LogP contribution in [0, 0.1) is 6.92 Å². The van der Waals surface area contributed by atoms with Gasteiger partial charge in [-0.1, -0.05) is 0 Å². The lowest BCUT2D eigenvalue weighted by atomic mass is 10.1. The summed E-state index contributed by atoms with van der Waals surface area (Å²) in [5.74, 6) is -1.66. The number of benzene rings is 1. The molecule has 0 aliphatic carbocycles. The Hall–Kier alpha value is -2.41. The molecule has 1 aromatic carbocycles. The monoisotopic (exact) mass is 293 g/mol. The van der Waals surface area contributed by atoms with Crippen molar-refractivity contribution in [3.05, 3.63) is 29.3 Å². The summed E-state index contributed by atoms with van der Waals surface area (Å²) < 4.78 is 0. The van der Waals surface area contributed by atoms with Crippen LogP contribution in [0.15, 0.2) is 18.2 Å². The van der Waals surface area contributed by atoms with E-state index in [-0.39, 0.29) is 18.7 Å². The van der Waals surface area contributed by atoms with Gasteiger partial charge in [0.15, 0.2) is 0 Å². The normalized spacial score (nSPS) is 11.6. The lowest BCUT2D eigenvalue weighted by Gasteiger charge is -2.13. The van der Waals surface area contributed by atoms with Crippen molar-refractivity contribution in [3.63, 3.8) is 0 Å². The first-order valence-electron chi connectivity index (χ1n) is 6.46. The standard InChI is InChI=1S/C14H19N3O4/c1-8-7-9(13(20)16-2)3-5-11(8)17-14(21)10(15)4-6-12(18)19/h3,5,7,10H,4,6,15H2,1-2H3,(H,16,20)(H,17,21)(H,18,19). The minimum absolute atomic E-state index is 0.0660. The molecule has 0 heterocycles. The highest BCUT2D eigenvalue weighted by molar-refractivity contribution is 5.98. The Morgan fingerprint density at radius 2 is 2.00 bits per heavy atom. The summed E-state index contributed by atoms with van der Waals surface area (Å²) in [5.41, 5.74) is 7.37. The molecule has 5 N–H and O–H groups in total. The van der Waals surface area contributed by atoms with Gasteiger partial charge >= 0.3 is 5.97 Å². The molecule has 1 unspecified atom stereocenters. The number of rotatable bonds is 6. The fraction of sp³-hybridized carbons (Fsp3) is 0.357. The highest BCUT2D eigenvalue weighted by atomic mass is 16.4. The summed E-state index contributed by atoms with van der Waals surface area (Å²) >= 11 is 0. The van der Waals surface area contributed by atoms with Crippen LogP contribution in [0.1, 0.15) is 28.8 Å².